The van der Waals surface area contributed by atoms with E-state index in [4.69, 9.17) is 0 Å². The van der Waals surface area contributed by atoms with Crippen LogP contribution >= 0.6 is 0 Å². The van der Waals surface area contributed by atoms with Gasteiger partial charge < -0.3 is 9.67 Å². The summed E-state index contributed by atoms with van der Waals surface area (Å²) in [6, 6.07) is 3.39. The van der Waals surface area contributed by atoms with Gasteiger partial charge in [0.25, 0.3) is 0 Å². The lowest BCUT2D eigenvalue weighted by Crippen LogP contribution is -2.15. The van der Waals surface area contributed by atoms with Crippen LogP contribution in [0.1, 0.15) is 73.0 Å². The Balaban J connectivity index is 3.05. The number of rotatable bonds is 4. The van der Waals surface area contributed by atoms with E-state index in [0.717, 1.165) is 35.1 Å². The maximum Gasteiger partial charge on any atom is 0.335 e. The molecule has 1 aromatic heterocycles. The number of Topliss-reactive ketones (excluding diaryl/α,β-unsaturated/α-hetero) is 1. The molecule has 1 N–H and O–H groups in total. The van der Waals surface area contributed by atoms with Crippen molar-refractivity contribution in [1.29, 1.82) is 0 Å². The lowest BCUT2D eigenvalue weighted by atomic mass is 9.84. The van der Waals surface area contributed by atoms with Gasteiger partial charge >= 0.3 is 5.97 Å². The molecule has 0 atom stereocenters. The van der Waals surface area contributed by atoms with Crippen molar-refractivity contribution in [3.8, 4) is 0 Å². The average molecular weight is 315 g/mol. The smallest absolute Gasteiger partial charge is 0.335 e. The van der Waals surface area contributed by atoms with Gasteiger partial charge in [0, 0.05) is 23.2 Å². The molecule has 0 radical (unpaired) electrons. The minimum absolute atomic E-state index is 0.0234. The standard InChI is InChI=1S/C19H25NO3/c1-7-8-20-11(2)16(12(3)21)14-9-13(18(22)23)10-15(17(14)20)19(4,5)6/h9-10H,7-8H2,1-6H3,(H,22,23). The second-order valence-electron chi connectivity index (χ2n) is 7.14. The van der Waals surface area contributed by atoms with Gasteiger partial charge in [0.2, 0.25) is 0 Å². The Morgan fingerprint density at radius 2 is 1.83 bits per heavy atom. The van der Waals surface area contributed by atoms with E-state index in [0.29, 0.717) is 5.56 Å². The van der Waals surface area contributed by atoms with E-state index < -0.39 is 5.97 Å². The highest BCUT2D eigenvalue weighted by Gasteiger charge is 2.26. The zero-order valence-electron chi connectivity index (χ0n) is 14.8. The second-order valence-corrected chi connectivity index (χ2v) is 7.14. The number of ketones is 1. The molecule has 1 aromatic carbocycles. The van der Waals surface area contributed by atoms with E-state index >= 15 is 0 Å². The number of carboxylic acids is 1. The monoisotopic (exact) mass is 315 g/mol. The molecule has 0 spiro atoms. The van der Waals surface area contributed by atoms with Crippen LogP contribution < -0.4 is 0 Å². The molecule has 0 aliphatic carbocycles. The van der Waals surface area contributed by atoms with E-state index in [1.807, 2.05) is 6.92 Å². The van der Waals surface area contributed by atoms with Crippen LogP contribution in [-0.4, -0.2) is 21.4 Å². The Kier molecular flexibility index (Phi) is 4.38. The van der Waals surface area contributed by atoms with Crippen molar-refractivity contribution in [1.82, 2.24) is 4.57 Å². The van der Waals surface area contributed by atoms with Crippen LogP contribution in [0, 0.1) is 6.92 Å². The molecule has 23 heavy (non-hydrogen) atoms. The number of benzene rings is 1. The Hall–Kier alpha value is -2.10. The summed E-state index contributed by atoms with van der Waals surface area (Å²) in [5.41, 5.74) is 3.54. The third-order valence-corrected chi connectivity index (χ3v) is 4.27. The van der Waals surface area contributed by atoms with Crippen LogP contribution in [0.5, 0.6) is 0 Å². The van der Waals surface area contributed by atoms with E-state index in [-0.39, 0.29) is 16.8 Å². The van der Waals surface area contributed by atoms with E-state index in [9.17, 15) is 14.7 Å². The van der Waals surface area contributed by atoms with Crippen molar-refractivity contribution in [3.05, 3.63) is 34.5 Å². The van der Waals surface area contributed by atoms with Gasteiger partial charge in [0.05, 0.1) is 11.1 Å². The summed E-state index contributed by atoms with van der Waals surface area (Å²) in [6.07, 6.45) is 0.951. The van der Waals surface area contributed by atoms with Gasteiger partial charge in [-0.15, -0.1) is 0 Å². The fraction of sp³-hybridized carbons (Fsp3) is 0.474. The van der Waals surface area contributed by atoms with Gasteiger partial charge in [-0.2, -0.15) is 0 Å². The first-order valence-corrected chi connectivity index (χ1v) is 8.01. The molecule has 0 unspecified atom stereocenters. The number of hydrogen-bond acceptors (Lipinski definition) is 2. The van der Waals surface area contributed by atoms with Crippen LogP contribution in [0.15, 0.2) is 12.1 Å². The minimum atomic E-state index is -0.965. The molecule has 0 fully saturated rings. The number of carboxylic acid groups (broad SMARTS) is 1. The number of nitrogens with zero attached hydrogens (tertiary/aromatic N) is 1. The van der Waals surface area contributed by atoms with Crippen LogP contribution in [0.2, 0.25) is 0 Å². The summed E-state index contributed by atoms with van der Waals surface area (Å²) in [7, 11) is 0. The Morgan fingerprint density at radius 3 is 2.26 bits per heavy atom. The zero-order chi connectivity index (χ0) is 17.5. The largest absolute Gasteiger partial charge is 0.478 e. The predicted octanol–water partition coefficient (Wildman–Crippen LogP) is 4.56. The van der Waals surface area contributed by atoms with Gasteiger partial charge in [-0.1, -0.05) is 27.7 Å². The summed E-state index contributed by atoms with van der Waals surface area (Å²) in [5.74, 6) is -0.988. The highest BCUT2D eigenvalue weighted by Crippen LogP contribution is 2.36. The van der Waals surface area contributed by atoms with E-state index in [2.05, 4.69) is 32.3 Å². The fourth-order valence-corrected chi connectivity index (χ4v) is 3.26. The van der Waals surface area contributed by atoms with Gasteiger partial charge in [0.1, 0.15) is 0 Å². The summed E-state index contributed by atoms with van der Waals surface area (Å²) in [6.45, 7) is 12.6. The van der Waals surface area contributed by atoms with Crippen LogP contribution in [-0.2, 0) is 12.0 Å². The molecule has 2 aromatic rings. The number of aromatic nitrogens is 1. The Labute approximate surface area is 137 Å². The molecule has 0 saturated carbocycles. The number of aryl methyl sites for hydroxylation is 1. The van der Waals surface area contributed by atoms with Crippen molar-refractivity contribution in [3.63, 3.8) is 0 Å². The summed E-state index contributed by atoms with van der Waals surface area (Å²) in [5, 5.41) is 10.2. The van der Waals surface area contributed by atoms with Gasteiger partial charge in [-0.3, -0.25) is 4.79 Å². The molecule has 0 saturated heterocycles. The normalized spacial score (nSPS) is 11.9. The van der Waals surface area contributed by atoms with Gasteiger partial charge in [-0.25, -0.2) is 4.79 Å². The van der Waals surface area contributed by atoms with Gasteiger partial charge in [0.15, 0.2) is 5.78 Å². The van der Waals surface area contributed by atoms with E-state index in [1.54, 1.807) is 19.1 Å². The zero-order valence-corrected chi connectivity index (χ0v) is 14.8. The van der Waals surface area contributed by atoms with Crippen molar-refractivity contribution < 1.29 is 14.7 Å². The lowest BCUT2D eigenvalue weighted by Gasteiger charge is -2.23. The molecule has 0 bridgehead atoms. The van der Waals surface area contributed by atoms with Crippen molar-refractivity contribution >= 4 is 22.7 Å². The number of aromatic carboxylic acids is 1. The van der Waals surface area contributed by atoms with Crippen LogP contribution in [0.25, 0.3) is 10.9 Å². The summed E-state index contributed by atoms with van der Waals surface area (Å²) >= 11 is 0. The summed E-state index contributed by atoms with van der Waals surface area (Å²) in [4.78, 5) is 23.7. The SMILES string of the molecule is CCCn1c(C)c(C(C)=O)c2cc(C(=O)O)cc(C(C)(C)C)c21. The Bertz CT molecular complexity index is 791. The molecular formula is C19H25NO3. The van der Waals surface area contributed by atoms with Crippen LogP contribution in [0.3, 0.4) is 0 Å². The lowest BCUT2D eigenvalue weighted by molar-refractivity contribution is 0.0696. The first-order valence-electron chi connectivity index (χ1n) is 8.01. The second kappa shape index (κ2) is 5.84. The number of fused-ring (bicyclic) bond motifs is 1. The first-order chi connectivity index (χ1) is 10.6. The van der Waals surface area contributed by atoms with Crippen molar-refractivity contribution in [2.24, 2.45) is 0 Å². The number of carbonyl (C=O) groups is 2. The maximum absolute atomic E-state index is 12.2. The highest BCUT2D eigenvalue weighted by atomic mass is 16.4. The highest BCUT2D eigenvalue weighted by molar-refractivity contribution is 6.10. The average Bonchev–Trinajstić information content (AvgIpc) is 2.69. The topological polar surface area (TPSA) is 59.3 Å². The third kappa shape index (κ3) is 2.90. The molecule has 1 heterocycles. The Morgan fingerprint density at radius 1 is 1.22 bits per heavy atom. The first kappa shape index (κ1) is 17.3. The molecular weight excluding hydrogens is 290 g/mol. The number of hydrogen-bond donors (Lipinski definition) is 1. The van der Waals surface area contributed by atoms with Crippen LogP contribution in [0.4, 0.5) is 0 Å². The molecule has 124 valence electrons. The predicted molar refractivity (Wildman–Crippen MR) is 92.6 cm³/mol. The molecule has 4 nitrogen and oxygen atoms in total. The molecule has 0 aliphatic rings. The van der Waals surface area contributed by atoms with Crippen molar-refractivity contribution in [2.75, 3.05) is 0 Å². The quantitative estimate of drug-likeness (QED) is 0.841. The molecule has 0 aliphatic heterocycles. The van der Waals surface area contributed by atoms with Crippen molar-refractivity contribution in [2.45, 2.75) is 59.9 Å². The minimum Gasteiger partial charge on any atom is -0.478 e. The fourth-order valence-electron chi connectivity index (χ4n) is 3.26. The summed E-state index contributed by atoms with van der Waals surface area (Å²) < 4.78 is 2.16. The number of carbonyl (C=O) groups excluding carboxylic acids is 1. The van der Waals surface area contributed by atoms with Gasteiger partial charge in [-0.05, 0) is 43.4 Å². The molecule has 4 heteroatoms. The molecule has 2 rings (SSSR count). The van der Waals surface area contributed by atoms with E-state index in [1.165, 1.54) is 0 Å². The maximum atomic E-state index is 12.2. The third-order valence-electron chi connectivity index (χ3n) is 4.27. The molecule has 0 amide bonds.